The highest BCUT2D eigenvalue weighted by Gasteiger charge is 2.31. The molecular weight excluding hydrogens is 412 g/mol. The summed E-state index contributed by atoms with van der Waals surface area (Å²) in [5, 5.41) is 0. The Morgan fingerprint density at radius 3 is 2.33 bits per heavy atom. The van der Waals surface area contributed by atoms with Crippen molar-refractivity contribution in [1.82, 2.24) is 9.80 Å². The van der Waals surface area contributed by atoms with Gasteiger partial charge in [-0.2, -0.15) is 0 Å². The summed E-state index contributed by atoms with van der Waals surface area (Å²) in [6.45, 7) is 1.53. The third kappa shape index (κ3) is 5.25. The van der Waals surface area contributed by atoms with Crippen LogP contribution >= 0.6 is 0 Å². The van der Waals surface area contributed by atoms with Gasteiger partial charge in [0, 0.05) is 32.2 Å². The van der Waals surface area contributed by atoms with E-state index in [0.29, 0.717) is 32.5 Å². The third-order valence-corrected chi connectivity index (χ3v) is 6.30. The molecule has 4 rings (SSSR count). The summed E-state index contributed by atoms with van der Waals surface area (Å²) >= 11 is 0. The average molecular weight is 443 g/mol. The maximum absolute atomic E-state index is 13.2. The summed E-state index contributed by atoms with van der Waals surface area (Å²) in [6, 6.07) is 25.8. The van der Waals surface area contributed by atoms with Crippen molar-refractivity contribution in [2.24, 2.45) is 5.92 Å². The number of likely N-dealkylation sites (N-methyl/N-ethyl adjacent to an activating group) is 1. The molecule has 0 spiro atoms. The standard InChI is InChI=1S/C28H30N2O3/c1-29-16-17-30(27(31)18-21-10-4-3-5-11-21)20-23(28(29)32)19-22-12-6-7-13-24(22)25-14-8-9-15-26(25)33-2/h3-15,23H,16-20H2,1-2H3/t23-/m1/s1. The highest BCUT2D eigenvalue weighted by Crippen LogP contribution is 2.33. The summed E-state index contributed by atoms with van der Waals surface area (Å²) in [6.07, 6.45) is 0.912. The van der Waals surface area contributed by atoms with Crippen LogP contribution in [0.15, 0.2) is 78.9 Å². The molecule has 0 aromatic heterocycles. The molecule has 170 valence electrons. The van der Waals surface area contributed by atoms with E-state index in [0.717, 1.165) is 28.0 Å². The molecule has 5 nitrogen and oxygen atoms in total. The minimum atomic E-state index is -0.298. The van der Waals surface area contributed by atoms with Crippen LogP contribution in [0.2, 0.25) is 0 Å². The van der Waals surface area contributed by atoms with Crippen LogP contribution in [0, 0.1) is 5.92 Å². The number of hydrogen-bond acceptors (Lipinski definition) is 3. The molecule has 33 heavy (non-hydrogen) atoms. The molecule has 1 aliphatic rings. The Balaban J connectivity index is 1.59. The molecule has 1 fully saturated rings. The first-order valence-electron chi connectivity index (χ1n) is 11.3. The van der Waals surface area contributed by atoms with E-state index in [1.807, 2.05) is 78.7 Å². The fraction of sp³-hybridized carbons (Fsp3) is 0.286. The maximum Gasteiger partial charge on any atom is 0.227 e. The van der Waals surface area contributed by atoms with Gasteiger partial charge in [0.15, 0.2) is 0 Å². The number of carbonyl (C=O) groups excluding carboxylic acids is 2. The molecule has 1 atom stereocenters. The van der Waals surface area contributed by atoms with E-state index >= 15 is 0 Å². The van der Waals surface area contributed by atoms with Gasteiger partial charge in [-0.05, 0) is 29.2 Å². The molecule has 0 saturated carbocycles. The lowest BCUT2D eigenvalue weighted by Crippen LogP contribution is -2.38. The lowest BCUT2D eigenvalue weighted by atomic mass is 9.91. The molecule has 0 bridgehead atoms. The van der Waals surface area contributed by atoms with Gasteiger partial charge in [-0.15, -0.1) is 0 Å². The first-order chi connectivity index (χ1) is 16.1. The Hall–Kier alpha value is -3.60. The molecular formula is C28H30N2O3. The molecule has 1 saturated heterocycles. The molecule has 0 N–H and O–H groups in total. The van der Waals surface area contributed by atoms with Crippen molar-refractivity contribution in [1.29, 1.82) is 0 Å². The predicted octanol–water partition coefficient (Wildman–Crippen LogP) is 4.06. The summed E-state index contributed by atoms with van der Waals surface area (Å²) in [7, 11) is 3.49. The second-order valence-corrected chi connectivity index (χ2v) is 8.52. The Morgan fingerprint density at radius 1 is 0.909 bits per heavy atom. The zero-order valence-electron chi connectivity index (χ0n) is 19.2. The maximum atomic E-state index is 13.2. The van der Waals surface area contributed by atoms with Gasteiger partial charge >= 0.3 is 0 Å². The van der Waals surface area contributed by atoms with E-state index in [1.54, 1.807) is 12.0 Å². The highest BCUT2D eigenvalue weighted by atomic mass is 16.5. The molecule has 3 aromatic carbocycles. The molecule has 1 aliphatic heterocycles. The van der Waals surface area contributed by atoms with Gasteiger partial charge in [-0.25, -0.2) is 0 Å². The largest absolute Gasteiger partial charge is 0.496 e. The van der Waals surface area contributed by atoms with Crippen molar-refractivity contribution < 1.29 is 14.3 Å². The van der Waals surface area contributed by atoms with Gasteiger partial charge in [-0.1, -0.05) is 72.8 Å². The summed E-state index contributed by atoms with van der Waals surface area (Å²) in [4.78, 5) is 29.9. The van der Waals surface area contributed by atoms with Crippen molar-refractivity contribution >= 4 is 11.8 Å². The van der Waals surface area contributed by atoms with Crippen LogP contribution < -0.4 is 4.74 Å². The molecule has 5 heteroatoms. The zero-order chi connectivity index (χ0) is 23.2. The Labute approximate surface area is 195 Å². The first-order valence-corrected chi connectivity index (χ1v) is 11.3. The van der Waals surface area contributed by atoms with Crippen molar-refractivity contribution in [3.8, 4) is 16.9 Å². The monoisotopic (exact) mass is 442 g/mol. The summed E-state index contributed by atoms with van der Waals surface area (Å²) in [5.41, 5.74) is 4.12. The number of rotatable bonds is 6. The number of ether oxygens (including phenoxy) is 1. The van der Waals surface area contributed by atoms with Crippen LogP contribution in [-0.4, -0.2) is 55.4 Å². The molecule has 0 aliphatic carbocycles. The lowest BCUT2D eigenvalue weighted by molar-refractivity contribution is -0.133. The van der Waals surface area contributed by atoms with Crippen LogP contribution in [-0.2, 0) is 22.4 Å². The molecule has 2 amide bonds. The normalized spacial score (nSPS) is 16.4. The minimum Gasteiger partial charge on any atom is -0.496 e. The van der Waals surface area contributed by atoms with E-state index in [9.17, 15) is 9.59 Å². The lowest BCUT2D eigenvalue weighted by Gasteiger charge is -2.24. The average Bonchev–Trinajstić information content (AvgIpc) is 2.99. The summed E-state index contributed by atoms with van der Waals surface area (Å²) in [5.74, 6) is 0.647. The van der Waals surface area contributed by atoms with E-state index < -0.39 is 0 Å². The number of carbonyl (C=O) groups is 2. The second-order valence-electron chi connectivity index (χ2n) is 8.52. The van der Waals surface area contributed by atoms with Crippen LogP contribution in [0.4, 0.5) is 0 Å². The van der Waals surface area contributed by atoms with E-state index in [2.05, 4.69) is 12.1 Å². The molecule has 0 unspecified atom stereocenters. The van der Waals surface area contributed by atoms with E-state index in [1.165, 1.54) is 0 Å². The van der Waals surface area contributed by atoms with E-state index in [4.69, 9.17) is 4.74 Å². The number of amides is 2. The second kappa shape index (κ2) is 10.3. The van der Waals surface area contributed by atoms with Gasteiger partial charge in [0.2, 0.25) is 11.8 Å². The van der Waals surface area contributed by atoms with Gasteiger partial charge in [-0.3, -0.25) is 9.59 Å². The Bertz CT molecular complexity index is 1110. The van der Waals surface area contributed by atoms with Gasteiger partial charge < -0.3 is 14.5 Å². The molecule has 0 radical (unpaired) electrons. The fourth-order valence-electron chi connectivity index (χ4n) is 4.48. The smallest absolute Gasteiger partial charge is 0.227 e. The van der Waals surface area contributed by atoms with E-state index in [-0.39, 0.29) is 17.7 Å². The fourth-order valence-corrected chi connectivity index (χ4v) is 4.48. The number of nitrogens with zero attached hydrogens (tertiary/aromatic N) is 2. The van der Waals surface area contributed by atoms with Crippen LogP contribution in [0.3, 0.4) is 0 Å². The highest BCUT2D eigenvalue weighted by molar-refractivity contribution is 5.83. The third-order valence-electron chi connectivity index (χ3n) is 6.30. The number of methoxy groups -OCH3 is 1. The SMILES string of the molecule is COc1ccccc1-c1ccccc1C[C@@H]1CN(C(=O)Cc2ccccc2)CCN(C)C1=O. The predicted molar refractivity (Wildman–Crippen MR) is 130 cm³/mol. The van der Waals surface area contributed by atoms with Crippen molar-refractivity contribution in [2.45, 2.75) is 12.8 Å². The van der Waals surface area contributed by atoms with Crippen molar-refractivity contribution in [2.75, 3.05) is 33.8 Å². The van der Waals surface area contributed by atoms with Gasteiger partial charge in [0.1, 0.15) is 5.75 Å². The van der Waals surface area contributed by atoms with Crippen molar-refractivity contribution in [3.63, 3.8) is 0 Å². The molecule has 1 heterocycles. The molecule has 3 aromatic rings. The van der Waals surface area contributed by atoms with Crippen LogP contribution in [0.5, 0.6) is 5.75 Å². The summed E-state index contributed by atoms with van der Waals surface area (Å²) < 4.78 is 5.58. The number of benzene rings is 3. The van der Waals surface area contributed by atoms with Crippen molar-refractivity contribution in [3.05, 3.63) is 90.0 Å². The topological polar surface area (TPSA) is 49.9 Å². The quantitative estimate of drug-likeness (QED) is 0.578. The minimum absolute atomic E-state index is 0.0623. The first kappa shape index (κ1) is 22.6. The Morgan fingerprint density at radius 2 is 1.58 bits per heavy atom. The van der Waals surface area contributed by atoms with Gasteiger partial charge in [0.25, 0.3) is 0 Å². The zero-order valence-corrected chi connectivity index (χ0v) is 19.2. The van der Waals surface area contributed by atoms with Gasteiger partial charge in [0.05, 0.1) is 19.4 Å². The Kier molecular flexibility index (Phi) is 7.08. The number of para-hydroxylation sites is 1. The number of hydrogen-bond donors (Lipinski definition) is 0. The van der Waals surface area contributed by atoms with Crippen LogP contribution in [0.25, 0.3) is 11.1 Å². The van der Waals surface area contributed by atoms with Crippen LogP contribution in [0.1, 0.15) is 11.1 Å².